The van der Waals surface area contributed by atoms with Crippen molar-refractivity contribution in [1.29, 1.82) is 0 Å². The van der Waals surface area contributed by atoms with E-state index in [-0.39, 0.29) is 22.9 Å². The van der Waals surface area contributed by atoms with E-state index in [0.29, 0.717) is 33.8 Å². The van der Waals surface area contributed by atoms with Crippen LogP contribution in [0.15, 0.2) is 41.3 Å². The van der Waals surface area contributed by atoms with E-state index >= 15 is 0 Å². The minimum absolute atomic E-state index is 0.0387. The van der Waals surface area contributed by atoms with Crippen molar-refractivity contribution in [3.05, 3.63) is 47.7 Å². The Bertz CT molecular complexity index is 1300. The summed E-state index contributed by atoms with van der Waals surface area (Å²) in [6.07, 6.45) is -4.14. The molecular formula is C23H26F3N3O4S2. The second-order valence-corrected chi connectivity index (χ2v) is 11.0. The molecule has 3 rings (SSSR count). The van der Waals surface area contributed by atoms with Crippen LogP contribution in [0.5, 0.6) is 0 Å². The van der Waals surface area contributed by atoms with E-state index in [1.54, 1.807) is 44.3 Å². The zero-order valence-electron chi connectivity index (χ0n) is 19.5. The number of nitrogens with one attached hydrogen (secondary N) is 1. The van der Waals surface area contributed by atoms with Crippen LogP contribution >= 0.6 is 11.3 Å². The van der Waals surface area contributed by atoms with Crippen LogP contribution in [0, 0.1) is 0 Å². The standard InChI is InChI=1S/C23H26F3N3O4S2/c1-4-15-6-7-16(12-20(15)35(31,32)5-2)18-8-9-19(34-18)17-13-21(23(24,25)26)28-29(17)14-22(30)33-11-10-27-3/h6-9,12-13,27H,4-5,10-11,14H2,1-3H3. The number of rotatable bonds is 10. The quantitative estimate of drug-likeness (QED) is 0.309. The first-order valence-corrected chi connectivity index (χ1v) is 13.4. The number of sulfone groups is 1. The average molecular weight is 530 g/mol. The number of hydrogen-bond donors (Lipinski definition) is 1. The van der Waals surface area contributed by atoms with Crippen molar-refractivity contribution in [2.24, 2.45) is 0 Å². The number of thiophene rings is 1. The van der Waals surface area contributed by atoms with Crippen molar-refractivity contribution in [1.82, 2.24) is 15.1 Å². The first-order valence-electron chi connectivity index (χ1n) is 10.9. The lowest BCUT2D eigenvalue weighted by atomic mass is 10.1. The molecule has 0 saturated carbocycles. The fourth-order valence-corrected chi connectivity index (χ4v) is 5.64. The van der Waals surface area contributed by atoms with E-state index in [0.717, 1.165) is 10.7 Å². The lowest BCUT2D eigenvalue weighted by Gasteiger charge is -2.10. The topological polar surface area (TPSA) is 90.3 Å². The first kappa shape index (κ1) is 26.9. The Kier molecular flexibility index (Phi) is 8.39. The fourth-order valence-electron chi connectivity index (χ4n) is 3.38. The number of halogens is 3. The van der Waals surface area contributed by atoms with Crippen LogP contribution in [-0.4, -0.2) is 50.1 Å². The van der Waals surface area contributed by atoms with Crippen molar-refractivity contribution in [2.45, 2.75) is 37.9 Å². The molecule has 0 amide bonds. The molecule has 0 atom stereocenters. The highest BCUT2D eigenvalue weighted by Gasteiger charge is 2.35. The highest BCUT2D eigenvalue weighted by molar-refractivity contribution is 7.91. The zero-order chi connectivity index (χ0) is 25.8. The molecule has 1 aromatic carbocycles. The summed E-state index contributed by atoms with van der Waals surface area (Å²) in [5.41, 5.74) is 0.343. The number of aromatic nitrogens is 2. The minimum Gasteiger partial charge on any atom is -0.463 e. The fraction of sp³-hybridized carbons (Fsp3) is 0.391. The van der Waals surface area contributed by atoms with Crippen molar-refractivity contribution in [3.63, 3.8) is 0 Å². The summed E-state index contributed by atoms with van der Waals surface area (Å²) in [5, 5.41) is 6.40. The Morgan fingerprint density at radius 2 is 1.86 bits per heavy atom. The number of nitrogens with zero attached hydrogens (tertiary/aromatic N) is 2. The van der Waals surface area contributed by atoms with Crippen LogP contribution in [0.3, 0.4) is 0 Å². The van der Waals surface area contributed by atoms with Crippen LogP contribution < -0.4 is 5.32 Å². The van der Waals surface area contributed by atoms with E-state index in [9.17, 15) is 26.4 Å². The molecule has 0 saturated heterocycles. The van der Waals surface area contributed by atoms with E-state index < -0.39 is 34.2 Å². The van der Waals surface area contributed by atoms with Gasteiger partial charge in [0, 0.05) is 11.4 Å². The monoisotopic (exact) mass is 529 g/mol. The van der Waals surface area contributed by atoms with Gasteiger partial charge in [0.15, 0.2) is 15.5 Å². The third kappa shape index (κ3) is 6.30. The molecule has 0 bridgehead atoms. The molecule has 0 aliphatic carbocycles. The van der Waals surface area contributed by atoms with Gasteiger partial charge in [0.05, 0.1) is 21.2 Å². The highest BCUT2D eigenvalue weighted by atomic mass is 32.2. The summed E-state index contributed by atoms with van der Waals surface area (Å²) in [6.45, 7) is 3.46. The lowest BCUT2D eigenvalue weighted by molar-refractivity contribution is -0.146. The molecule has 190 valence electrons. The van der Waals surface area contributed by atoms with Crippen LogP contribution in [0.1, 0.15) is 25.1 Å². The third-order valence-electron chi connectivity index (χ3n) is 5.27. The van der Waals surface area contributed by atoms with Gasteiger partial charge in [0.25, 0.3) is 0 Å². The maximum absolute atomic E-state index is 13.4. The number of carbonyl (C=O) groups excluding carboxylic acids is 1. The first-order chi connectivity index (χ1) is 16.5. The molecule has 35 heavy (non-hydrogen) atoms. The largest absolute Gasteiger partial charge is 0.463 e. The Morgan fingerprint density at radius 1 is 1.14 bits per heavy atom. The summed E-state index contributed by atoms with van der Waals surface area (Å²) in [6, 6.07) is 9.38. The SMILES string of the molecule is CCc1ccc(-c2ccc(-c3cc(C(F)(F)F)nn3CC(=O)OCCNC)s2)cc1S(=O)(=O)CC. The predicted molar refractivity (Wildman–Crippen MR) is 128 cm³/mol. The Morgan fingerprint density at radius 3 is 2.49 bits per heavy atom. The van der Waals surface area contributed by atoms with Crippen molar-refractivity contribution in [2.75, 3.05) is 26.0 Å². The number of carbonyl (C=O) groups is 1. The molecule has 0 unspecified atom stereocenters. The summed E-state index contributed by atoms with van der Waals surface area (Å²) in [7, 11) is -1.77. The van der Waals surface area contributed by atoms with Gasteiger partial charge in [-0.3, -0.25) is 9.48 Å². The molecule has 2 heterocycles. The number of ether oxygens (including phenoxy) is 1. The third-order valence-corrected chi connectivity index (χ3v) is 8.24. The summed E-state index contributed by atoms with van der Waals surface area (Å²) in [5.74, 6) is -0.747. The molecule has 0 fully saturated rings. The van der Waals surface area contributed by atoms with Crippen molar-refractivity contribution < 1.29 is 31.1 Å². The van der Waals surface area contributed by atoms with Gasteiger partial charge in [-0.05, 0) is 48.9 Å². The van der Waals surface area contributed by atoms with Gasteiger partial charge < -0.3 is 10.1 Å². The van der Waals surface area contributed by atoms with Crippen LogP contribution in [0.4, 0.5) is 13.2 Å². The highest BCUT2D eigenvalue weighted by Crippen LogP contribution is 2.38. The van der Waals surface area contributed by atoms with Crippen LogP contribution in [0.2, 0.25) is 0 Å². The molecule has 0 spiro atoms. The number of aryl methyl sites for hydroxylation is 1. The Balaban J connectivity index is 1.99. The van der Waals surface area contributed by atoms with E-state index in [2.05, 4.69) is 10.4 Å². The van der Waals surface area contributed by atoms with E-state index in [1.165, 1.54) is 11.3 Å². The number of likely N-dealkylation sites (N-methyl/N-ethyl adjacent to an activating group) is 1. The van der Waals surface area contributed by atoms with Crippen LogP contribution in [-0.2, 0) is 38.5 Å². The molecule has 2 aromatic heterocycles. The number of hydrogen-bond acceptors (Lipinski definition) is 7. The predicted octanol–water partition coefficient (Wildman–Crippen LogP) is 4.42. The van der Waals surface area contributed by atoms with Gasteiger partial charge in [-0.15, -0.1) is 11.3 Å². The minimum atomic E-state index is -4.68. The molecule has 3 aromatic rings. The molecule has 7 nitrogen and oxygen atoms in total. The maximum Gasteiger partial charge on any atom is 0.435 e. The van der Waals surface area contributed by atoms with Crippen LogP contribution in [0.25, 0.3) is 21.0 Å². The molecular weight excluding hydrogens is 503 g/mol. The number of alkyl halides is 3. The normalized spacial score (nSPS) is 12.2. The zero-order valence-corrected chi connectivity index (χ0v) is 21.1. The van der Waals surface area contributed by atoms with Gasteiger partial charge in [0.1, 0.15) is 13.2 Å². The Labute approximate surface area is 205 Å². The second kappa shape index (κ2) is 10.9. The van der Waals surface area contributed by atoms with Crippen molar-refractivity contribution >= 4 is 27.1 Å². The average Bonchev–Trinajstić information content (AvgIpc) is 3.46. The summed E-state index contributed by atoms with van der Waals surface area (Å²) < 4.78 is 71.2. The Hall–Kier alpha value is -2.70. The molecule has 12 heteroatoms. The second-order valence-electron chi connectivity index (χ2n) is 7.64. The number of benzene rings is 1. The summed E-state index contributed by atoms with van der Waals surface area (Å²) >= 11 is 1.18. The maximum atomic E-state index is 13.4. The molecule has 0 aliphatic heterocycles. The van der Waals surface area contributed by atoms with Crippen molar-refractivity contribution in [3.8, 4) is 21.0 Å². The van der Waals surface area contributed by atoms with E-state index in [1.807, 2.05) is 6.92 Å². The molecule has 0 aliphatic rings. The lowest BCUT2D eigenvalue weighted by Crippen LogP contribution is -2.21. The summed E-state index contributed by atoms with van der Waals surface area (Å²) in [4.78, 5) is 13.5. The van der Waals surface area contributed by atoms with Gasteiger partial charge in [-0.2, -0.15) is 18.3 Å². The number of esters is 1. The van der Waals surface area contributed by atoms with E-state index in [4.69, 9.17) is 4.74 Å². The van der Waals surface area contributed by atoms with Gasteiger partial charge in [0.2, 0.25) is 0 Å². The smallest absolute Gasteiger partial charge is 0.435 e. The molecule has 0 radical (unpaired) electrons. The van der Waals surface area contributed by atoms with Gasteiger partial charge in [-0.25, -0.2) is 8.42 Å². The molecule has 1 N–H and O–H groups in total. The van der Waals surface area contributed by atoms with Gasteiger partial charge >= 0.3 is 12.1 Å². The van der Waals surface area contributed by atoms with Gasteiger partial charge in [-0.1, -0.05) is 26.0 Å².